The molecule has 0 fully saturated rings. The Balaban J connectivity index is 2.15. The summed E-state index contributed by atoms with van der Waals surface area (Å²) in [4.78, 5) is 24.4. The normalized spacial score (nSPS) is 10.9. The summed E-state index contributed by atoms with van der Waals surface area (Å²) in [5, 5.41) is 9.07. The number of ketones is 1. The van der Waals surface area contributed by atoms with Gasteiger partial charge in [0.25, 0.3) is 0 Å². The molecule has 3 aromatic carbocycles. The molecule has 3 aromatic rings. The van der Waals surface area contributed by atoms with Gasteiger partial charge in [-0.15, -0.1) is 0 Å². The number of benzene rings is 3. The van der Waals surface area contributed by atoms with E-state index in [0.29, 0.717) is 26.0 Å². The molecule has 0 spiro atoms. The molecule has 0 aliphatic carbocycles. The summed E-state index contributed by atoms with van der Waals surface area (Å²) < 4.78 is 26.5. The zero-order valence-corrected chi connectivity index (χ0v) is 21.3. The number of aliphatic carboxylic acids is 1. The van der Waals surface area contributed by atoms with Crippen LogP contribution in [0.15, 0.2) is 57.5 Å². The van der Waals surface area contributed by atoms with Gasteiger partial charge in [-0.25, -0.2) is 4.39 Å². The van der Waals surface area contributed by atoms with Crippen LogP contribution >= 0.6 is 31.9 Å². The van der Waals surface area contributed by atoms with E-state index in [1.807, 2.05) is 13.8 Å². The Morgan fingerprint density at radius 3 is 2.24 bits per heavy atom. The van der Waals surface area contributed by atoms with E-state index < -0.39 is 17.6 Å². The van der Waals surface area contributed by atoms with Crippen molar-refractivity contribution in [3.63, 3.8) is 0 Å². The van der Waals surface area contributed by atoms with E-state index >= 15 is 0 Å². The summed E-state index contributed by atoms with van der Waals surface area (Å²) in [6, 6.07) is 12.1. The quantitative estimate of drug-likeness (QED) is 0.287. The molecule has 0 amide bonds. The van der Waals surface area contributed by atoms with Crippen molar-refractivity contribution in [2.24, 2.45) is 0 Å². The Morgan fingerprint density at radius 2 is 1.70 bits per heavy atom. The highest BCUT2D eigenvalue weighted by Crippen LogP contribution is 2.42. The zero-order chi connectivity index (χ0) is 24.3. The lowest BCUT2D eigenvalue weighted by Gasteiger charge is -2.19. The molecule has 33 heavy (non-hydrogen) atoms. The summed E-state index contributed by atoms with van der Waals surface area (Å²) in [5.41, 5.74) is 1.78. The summed E-state index contributed by atoms with van der Waals surface area (Å²) >= 11 is 6.86. The SMILES string of the molecule is COc1cc(C(=O)c2cccc(F)c2)c(Oc2c(Br)cc(CC(=O)O)cc2Br)cc1C(C)C. The zero-order valence-electron chi connectivity index (χ0n) is 18.1. The van der Waals surface area contributed by atoms with E-state index in [-0.39, 0.29) is 29.2 Å². The fourth-order valence-electron chi connectivity index (χ4n) is 3.35. The van der Waals surface area contributed by atoms with Crippen molar-refractivity contribution < 1.29 is 28.6 Å². The van der Waals surface area contributed by atoms with Crippen molar-refractivity contribution >= 4 is 43.6 Å². The van der Waals surface area contributed by atoms with Crippen LogP contribution in [0.4, 0.5) is 4.39 Å². The molecule has 8 heteroatoms. The Bertz CT molecular complexity index is 1200. The topological polar surface area (TPSA) is 72.8 Å². The van der Waals surface area contributed by atoms with Crippen LogP contribution in [0.3, 0.4) is 0 Å². The van der Waals surface area contributed by atoms with Crippen LogP contribution in [0.1, 0.15) is 46.8 Å². The lowest BCUT2D eigenvalue weighted by Crippen LogP contribution is -2.07. The first-order valence-corrected chi connectivity index (χ1v) is 11.6. The lowest BCUT2D eigenvalue weighted by molar-refractivity contribution is -0.136. The Hall–Kier alpha value is -2.71. The molecule has 0 saturated carbocycles. The first-order chi connectivity index (χ1) is 15.6. The molecule has 1 N–H and O–H groups in total. The number of carbonyl (C=O) groups excluding carboxylic acids is 1. The van der Waals surface area contributed by atoms with E-state index in [9.17, 15) is 14.0 Å². The number of rotatable bonds is 8. The molecule has 5 nitrogen and oxygen atoms in total. The van der Waals surface area contributed by atoms with Crippen molar-refractivity contribution in [3.8, 4) is 17.2 Å². The molecule has 172 valence electrons. The number of hydrogen-bond donors (Lipinski definition) is 1. The number of methoxy groups -OCH3 is 1. The third-order valence-corrected chi connectivity index (χ3v) is 6.09. The number of carbonyl (C=O) groups is 2. The number of hydrogen-bond acceptors (Lipinski definition) is 4. The predicted octanol–water partition coefficient (Wildman–Crippen LogP) is 7.13. The number of carboxylic acids is 1. The van der Waals surface area contributed by atoms with Crippen LogP contribution in [0, 0.1) is 5.82 Å². The summed E-state index contributed by atoms with van der Waals surface area (Å²) in [5.74, 6) is -0.667. The highest BCUT2D eigenvalue weighted by Gasteiger charge is 2.23. The van der Waals surface area contributed by atoms with Crippen molar-refractivity contribution in [2.45, 2.75) is 26.2 Å². The predicted molar refractivity (Wildman–Crippen MR) is 130 cm³/mol. The molecular weight excluding hydrogens is 559 g/mol. The molecule has 3 rings (SSSR count). The average molecular weight is 580 g/mol. The van der Waals surface area contributed by atoms with Crippen LogP contribution in [0.25, 0.3) is 0 Å². The molecule has 0 aliphatic heterocycles. The van der Waals surface area contributed by atoms with Gasteiger partial charge < -0.3 is 14.6 Å². The Labute approximate surface area is 207 Å². The summed E-state index contributed by atoms with van der Waals surface area (Å²) in [6.07, 6.45) is -0.152. The van der Waals surface area contributed by atoms with Crippen molar-refractivity contribution in [1.29, 1.82) is 0 Å². The highest BCUT2D eigenvalue weighted by molar-refractivity contribution is 9.11. The number of carboxylic acid groups (broad SMARTS) is 1. The number of halogens is 3. The summed E-state index contributed by atoms with van der Waals surface area (Å²) in [7, 11) is 1.52. The second-order valence-electron chi connectivity index (χ2n) is 7.65. The van der Waals surface area contributed by atoms with Crippen molar-refractivity contribution in [3.05, 3.63) is 85.5 Å². The van der Waals surface area contributed by atoms with Gasteiger partial charge in [-0.3, -0.25) is 9.59 Å². The van der Waals surface area contributed by atoms with Crippen molar-refractivity contribution in [2.75, 3.05) is 7.11 Å². The van der Waals surface area contributed by atoms with Crippen LogP contribution in [0.2, 0.25) is 0 Å². The van der Waals surface area contributed by atoms with Gasteiger partial charge in [0, 0.05) is 11.1 Å². The minimum Gasteiger partial charge on any atom is -0.496 e. The third-order valence-electron chi connectivity index (χ3n) is 4.91. The van der Waals surface area contributed by atoms with Gasteiger partial charge in [0.15, 0.2) is 11.5 Å². The fraction of sp³-hybridized carbons (Fsp3) is 0.200. The second kappa shape index (κ2) is 10.5. The summed E-state index contributed by atoms with van der Waals surface area (Å²) in [6.45, 7) is 3.98. The van der Waals surface area contributed by atoms with E-state index in [2.05, 4.69) is 31.9 Å². The first-order valence-electron chi connectivity index (χ1n) is 10.0. The van der Waals surface area contributed by atoms with Gasteiger partial charge in [-0.2, -0.15) is 0 Å². The van der Waals surface area contributed by atoms with Gasteiger partial charge in [0.05, 0.1) is 28.0 Å². The fourth-order valence-corrected chi connectivity index (χ4v) is 4.79. The van der Waals surface area contributed by atoms with Gasteiger partial charge >= 0.3 is 5.97 Å². The lowest BCUT2D eigenvalue weighted by atomic mass is 9.95. The second-order valence-corrected chi connectivity index (χ2v) is 9.35. The van der Waals surface area contributed by atoms with Gasteiger partial charge in [0.2, 0.25) is 0 Å². The molecule has 0 aliphatic rings. The number of ether oxygens (including phenoxy) is 2. The van der Waals surface area contributed by atoms with E-state index in [0.717, 1.165) is 5.56 Å². The minimum absolute atomic E-state index is 0.0745. The molecule has 0 radical (unpaired) electrons. The molecule has 0 atom stereocenters. The van der Waals surface area contributed by atoms with Gasteiger partial charge in [-0.05, 0) is 79.7 Å². The van der Waals surface area contributed by atoms with Crippen LogP contribution in [-0.2, 0) is 11.2 Å². The molecule has 0 unspecified atom stereocenters. The molecule has 0 bridgehead atoms. The van der Waals surface area contributed by atoms with E-state index in [4.69, 9.17) is 14.6 Å². The van der Waals surface area contributed by atoms with Gasteiger partial charge in [0.1, 0.15) is 17.3 Å². The smallest absolute Gasteiger partial charge is 0.307 e. The largest absolute Gasteiger partial charge is 0.496 e. The highest BCUT2D eigenvalue weighted by atomic mass is 79.9. The van der Waals surface area contributed by atoms with Gasteiger partial charge in [-0.1, -0.05) is 26.0 Å². The molecule has 0 heterocycles. The van der Waals surface area contributed by atoms with Crippen LogP contribution < -0.4 is 9.47 Å². The Morgan fingerprint density at radius 1 is 1.03 bits per heavy atom. The maximum atomic E-state index is 13.8. The maximum absolute atomic E-state index is 13.8. The first kappa shape index (κ1) is 24.9. The standard InChI is InChI=1S/C25H21Br2FO5/c1-13(2)17-11-22(33-25-19(26)7-14(8-20(25)27)9-23(29)30)18(12-21(17)32-3)24(31)15-5-4-6-16(28)10-15/h4-8,10-13H,9H2,1-3H3,(H,29,30). The molecular formula is C25H21Br2FO5. The van der Waals surface area contributed by atoms with Crippen molar-refractivity contribution in [1.82, 2.24) is 0 Å². The maximum Gasteiger partial charge on any atom is 0.307 e. The average Bonchev–Trinajstić information content (AvgIpc) is 2.74. The monoisotopic (exact) mass is 578 g/mol. The van der Waals surface area contributed by atoms with E-state index in [1.54, 1.807) is 24.3 Å². The Kier molecular flexibility index (Phi) is 7.92. The minimum atomic E-state index is -0.956. The van der Waals surface area contributed by atoms with Crippen LogP contribution in [-0.4, -0.2) is 24.0 Å². The van der Waals surface area contributed by atoms with E-state index in [1.165, 1.54) is 31.4 Å². The third kappa shape index (κ3) is 5.81. The molecule has 0 aromatic heterocycles. The van der Waals surface area contributed by atoms with Crippen LogP contribution in [0.5, 0.6) is 17.2 Å². The molecule has 0 saturated heterocycles.